The van der Waals surface area contributed by atoms with Crippen molar-refractivity contribution in [2.45, 2.75) is 43.9 Å². The molecule has 3 aliphatic heterocycles. The van der Waals surface area contributed by atoms with E-state index in [0.717, 1.165) is 38.0 Å². The van der Waals surface area contributed by atoms with Gasteiger partial charge in [-0.3, -0.25) is 4.79 Å². The van der Waals surface area contributed by atoms with Crippen LogP contribution in [0.1, 0.15) is 31.2 Å². The second kappa shape index (κ2) is 8.26. The Labute approximate surface area is 170 Å². The molecule has 5 nitrogen and oxygen atoms in total. The fourth-order valence-corrected chi connectivity index (χ4v) is 4.73. The SMILES string of the molecule is O=C(Cc1ccc(Cl)c(Cl)c1)N1CC2(CC[C@H]1CN1CCCC1)OCCO2. The largest absolute Gasteiger partial charge is 0.346 e. The number of ether oxygens (including phenoxy) is 2. The lowest BCUT2D eigenvalue weighted by Crippen LogP contribution is -2.58. The molecule has 1 aromatic rings. The van der Waals surface area contributed by atoms with Crippen molar-refractivity contribution in [3.05, 3.63) is 33.8 Å². The highest BCUT2D eigenvalue weighted by molar-refractivity contribution is 6.42. The van der Waals surface area contributed by atoms with E-state index in [1.165, 1.54) is 12.8 Å². The summed E-state index contributed by atoms with van der Waals surface area (Å²) >= 11 is 12.1. The average Bonchev–Trinajstić information content (AvgIpc) is 3.32. The molecule has 27 heavy (non-hydrogen) atoms. The van der Waals surface area contributed by atoms with Gasteiger partial charge < -0.3 is 19.3 Å². The summed E-state index contributed by atoms with van der Waals surface area (Å²) in [6, 6.07) is 5.59. The van der Waals surface area contributed by atoms with Gasteiger partial charge in [-0.15, -0.1) is 0 Å². The Morgan fingerprint density at radius 2 is 1.89 bits per heavy atom. The summed E-state index contributed by atoms with van der Waals surface area (Å²) in [7, 11) is 0. The number of rotatable bonds is 4. The molecule has 1 aromatic carbocycles. The lowest BCUT2D eigenvalue weighted by molar-refractivity contribution is -0.201. The second-order valence-corrected chi connectivity index (χ2v) is 8.57. The number of likely N-dealkylation sites (tertiary alicyclic amines) is 2. The highest BCUT2D eigenvalue weighted by Gasteiger charge is 2.45. The Hall–Kier alpha value is -0.850. The number of nitrogens with zero attached hydrogens (tertiary/aromatic N) is 2. The second-order valence-electron chi connectivity index (χ2n) is 7.75. The van der Waals surface area contributed by atoms with E-state index >= 15 is 0 Å². The van der Waals surface area contributed by atoms with Crippen LogP contribution in [0.2, 0.25) is 10.0 Å². The van der Waals surface area contributed by atoms with Crippen LogP contribution in [0.3, 0.4) is 0 Å². The van der Waals surface area contributed by atoms with Crippen molar-refractivity contribution >= 4 is 29.1 Å². The van der Waals surface area contributed by atoms with Gasteiger partial charge in [0.2, 0.25) is 5.91 Å². The number of carbonyl (C=O) groups excluding carboxylic acids is 1. The molecule has 1 spiro atoms. The highest BCUT2D eigenvalue weighted by Crippen LogP contribution is 2.34. The minimum Gasteiger partial charge on any atom is -0.346 e. The predicted octanol–water partition coefficient (Wildman–Crippen LogP) is 3.37. The molecule has 3 fully saturated rings. The quantitative estimate of drug-likeness (QED) is 0.759. The third kappa shape index (κ3) is 4.43. The van der Waals surface area contributed by atoms with Crippen LogP contribution in [0.4, 0.5) is 0 Å². The number of benzene rings is 1. The molecule has 0 unspecified atom stereocenters. The topological polar surface area (TPSA) is 42.0 Å². The van der Waals surface area contributed by atoms with Crippen LogP contribution in [0, 0.1) is 0 Å². The van der Waals surface area contributed by atoms with Gasteiger partial charge in [-0.2, -0.15) is 0 Å². The van der Waals surface area contributed by atoms with Crippen LogP contribution in [-0.4, -0.2) is 66.9 Å². The van der Waals surface area contributed by atoms with E-state index in [4.69, 9.17) is 32.7 Å². The predicted molar refractivity (Wildman–Crippen MR) is 105 cm³/mol. The summed E-state index contributed by atoms with van der Waals surface area (Å²) in [6.07, 6.45) is 4.56. The minimum absolute atomic E-state index is 0.0933. The van der Waals surface area contributed by atoms with Gasteiger partial charge in [0.1, 0.15) is 0 Å². The van der Waals surface area contributed by atoms with E-state index in [0.29, 0.717) is 36.2 Å². The Kier molecular flexibility index (Phi) is 5.95. The Morgan fingerprint density at radius 3 is 2.59 bits per heavy atom. The van der Waals surface area contributed by atoms with Crippen LogP contribution < -0.4 is 0 Å². The zero-order valence-corrected chi connectivity index (χ0v) is 17.0. The lowest BCUT2D eigenvalue weighted by atomic mass is 9.95. The number of amides is 1. The van der Waals surface area contributed by atoms with Crippen LogP contribution >= 0.6 is 23.2 Å². The molecule has 7 heteroatoms. The Bertz CT molecular complexity index is 688. The standard InChI is InChI=1S/C20H26Cl2N2O3/c21-17-4-3-15(11-18(17)22)12-19(25)24-14-20(26-9-10-27-20)6-5-16(24)13-23-7-1-2-8-23/h3-4,11,16H,1-2,5-10,12-14H2/t16-/m0/s1. The van der Waals surface area contributed by atoms with Crippen molar-refractivity contribution in [3.8, 4) is 0 Å². The summed E-state index contributed by atoms with van der Waals surface area (Å²) < 4.78 is 11.8. The van der Waals surface area contributed by atoms with Crippen LogP contribution in [-0.2, 0) is 20.7 Å². The zero-order valence-electron chi connectivity index (χ0n) is 15.5. The summed E-state index contributed by atoms with van der Waals surface area (Å²) in [5.74, 6) is -0.523. The van der Waals surface area contributed by atoms with Crippen LogP contribution in [0.15, 0.2) is 18.2 Å². The molecule has 3 heterocycles. The first kappa shape index (κ1) is 19.5. The van der Waals surface area contributed by atoms with Crippen molar-refractivity contribution in [2.24, 2.45) is 0 Å². The van der Waals surface area contributed by atoms with Gasteiger partial charge in [0.25, 0.3) is 0 Å². The Balaban J connectivity index is 1.49. The van der Waals surface area contributed by atoms with Gasteiger partial charge in [-0.1, -0.05) is 29.3 Å². The first-order valence-electron chi connectivity index (χ1n) is 9.78. The third-order valence-electron chi connectivity index (χ3n) is 5.85. The smallest absolute Gasteiger partial charge is 0.227 e. The molecule has 4 rings (SSSR count). The molecule has 0 bridgehead atoms. The van der Waals surface area contributed by atoms with Crippen molar-refractivity contribution in [1.29, 1.82) is 0 Å². The van der Waals surface area contributed by atoms with E-state index in [1.54, 1.807) is 12.1 Å². The van der Waals surface area contributed by atoms with E-state index in [-0.39, 0.29) is 11.9 Å². The van der Waals surface area contributed by atoms with Crippen LogP contribution in [0.5, 0.6) is 0 Å². The number of piperidine rings is 1. The van der Waals surface area contributed by atoms with Gasteiger partial charge in [0, 0.05) is 19.0 Å². The number of carbonyl (C=O) groups is 1. The molecule has 3 aliphatic rings. The fraction of sp³-hybridized carbons (Fsp3) is 0.650. The van der Waals surface area contributed by atoms with E-state index in [2.05, 4.69) is 4.90 Å². The summed E-state index contributed by atoms with van der Waals surface area (Å²) in [4.78, 5) is 17.7. The molecule has 1 amide bonds. The molecule has 148 valence electrons. The zero-order chi connectivity index (χ0) is 18.9. The number of hydrogen-bond donors (Lipinski definition) is 0. The Morgan fingerprint density at radius 1 is 1.15 bits per heavy atom. The lowest BCUT2D eigenvalue weighted by Gasteiger charge is -2.45. The van der Waals surface area contributed by atoms with Gasteiger partial charge in [-0.25, -0.2) is 0 Å². The molecule has 3 saturated heterocycles. The first-order chi connectivity index (χ1) is 13.0. The molecule has 0 aromatic heterocycles. The molecular formula is C20H26Cl2N2O3. The van der Waals surface area contributed by atoms with Gasteiger partial charge >= 0.3 is 0 Å². The maximum Gasteiger partial charge on any atom is 0.227 e. The molecule has 0 aliphatic carbocycles. The highest BCUT2D eigenvalue weighted by atomic mass is 35.5. The maximum absolute atomic E-state index is 13.2. The van der Waals surface area contributed by atoms with Crippen molar-refractivity contribution in [2.75, 3.05) is 39.4 Å². The van der Waals surface area contributed by atoms with Gasteiger partial charge in [0.15, 0.2) is 5.79 Å². The van der Waals surface area contributed by atoms with E-state index in [1.807, 2.05) is 11.0 Å². The summed E-state index contributed by atoms with van der Waals surface area (Å²) in [5.41, 5.74) is 0.877. The van der Waals surface area contributed by atoms with Crippen molar-refractivity contribution in [3.63, 3.8) is 0 Å². The average molecular weight is 413 g/mol. The van der Waals surface area contributed by atoms with Crippen molar-refractivity contribution in [1.82, 2.24) is 9.80 Å². The fourth-order valence-electron chi connectivity index (χ4n) is 4.41. The third-order valence-corrected chi connectivity index (χ3v) is 6.59. The number of halogens is 2. The number of hydrogen-bond acceptors (Lipinski definition) is 4. The molecule has 0 N–H and O–H groups in total. The monoisotopic (exact) mass is 412 g/mol. The molecule has 0 radical (unpaired) electrons. The molecule has 0 saturated carbocycles. The van der Waals surface area contributed by atoms with Crippen molar-refractivity contribution < 1.29 is 14.3 Å². The van der Waals surface area contributed by atoms with Gasteiger partial charge in [-0.05, 0) is 50.0 Å². The van der Waals surface area contributed by atoms with Crippen LogP contribution in [0.25, 0.3) is 0 Å². The minimum atomic E-state index is -0.616. The molecule has 1 atom stereocenters. The first-order valence-corrected chi connectivity index (χ1v) is 10.5. The van der Waals surface area contributed by atoms with E-state index < -0.39 is 5.79 Å². The summed E-state index contributed by atoms with van der Waals surface area (Å²) in [6.45, 7) is 4.90. The summed E-state index contributed by atoms with van der Waals surface area (Å²) in [5, 5.41) is 0.984. The normalized spacial score (nSPS) is 25.4. The van der Waals surface area contributed by atoms with Gasteiger partial charge in [0.05, 0.1) is 36.2 Å². The van der Waals surface area contributed by atoms with E-state index in [9.17, 15) is 4.79 Å². The molecular weight excluding hydrogens is 387 g/mol. The maximum atomic E-state index is 13.2.